The zero-order valence-electron chi connectivity index (χ0n) is 14.5. The maximum Gasteiger partial charge on any atom is 0.138 e. The summed E-state index contributed by atoms with van der Waals surface area (Å²) in [6.07, 6.45) is 4.81. The first kappa shape index (κ1) is 18.1. The van der Waals surface area contributed by atoms with Crippen LogP contribution in [-0.4, -0.2) is 40.6 Å². The van der Waals surface area contributed by atoms with Crippen molar-refractivity contribution in [1.82, 2.24) is 20.1 Å². The summed E-state index contributed by atoms with van der Waals surface area (Å²) in [5.74, 6) is 1.04. The zero-order chi connectivity index (χ0) is 15.9. The summed E-state index contributed by atoms with van der Waals surface area (Å²) >= 11 is 0. The highest BCUT2D eigenvalue weighted by Gasteiger charge is 2.33. The van der Waals surface area contributed by atoms with Gasteiger partial charge in [0.2, 0.25) is 0 Å². The smallest absolute Gasteiger partial charge is 0.138 e. The lowest BCUT2D eigenvalue weighted by molar-refractivity contribution is -0.0116. The number of aryl methyl sites for hydroxylation is 1. The third kappa shape index (κ3) is 5.40. The molecule has 0 spiro atoms. The van der Waals surface area contributed by atoms with Gasteiger partial charge in [0.15, 0.2) is 0 Å². The van der Waals surface area contributed by atoms with Crippen molar-refractivity contribution in [3.05, 3.63) is 12.2 Å². The Kier molecular flexibility index (Phi) is 7.32. The summed E-state index contributed by atoms with van der Waals surface area (Å²) in [5.41, 5.74) is 0.0791. The third-order valence-electron chi connectivity index (χ3n) is 3.66. The van der Waals surface area contributed by atoms with Crippen molar-refractivity contribution < 1.29 is 4.74 Å². The number of nitrogens with zero attached hydrogens (tertiary/aromatic N) is 3. The molecule has 1 aromatic heterocycles. The van der Waals surface area contributed by atoms with Crippen LogP contribution in [0.4, 0.5) is 0 Å². The van der Waals surface area contributed by atoms with Crippen LogP contribution in [0.25, 0.3) is 0 Å². The average molecular weight is 296 g/mol. The highest BCUT2D eigenvalue weighted by Crippen LogP contribution is 2.26. The van der Waals surface area contributed by atoms with Crippen LogP contribution in [0.1, 0.15) is 53.3 Å². The lowest BCUT2D eigenvalue weighted by Gasteiger charge is -2.36. The molecule has 0 aliphatic heterocycles. The predicted octanol–water partition coefficient (Wildman–Crippen LogP) is 2.66. The van der Waals surface area contributed by atoms with Crippen LogP contribution in [0.3, 0.4) is 0 Å². The van der Waals surface area contributed by atoms with Gasteiger partial charge >= 0.3 is 0 Å². The molecule has 5 heteroatoms. The molecule has 1 rings (SSSR count). The Bertz CT molecular complexity index is 397. The van der Waals surface area contributed by atoms with Crippen LogP contribution in [0.2, 0.25) is 0 Å². The molecule has 2 unspecified atom stereocenters. The molecule has 0 amide bonds. The number of ether oxygens (including phenoxy) is 1. The molecule has 1 heterocycles. The van der Waals surface area contributed by atoms with Crippen LogP contribution in [0.15, 0.2) is 6.33 Å². The Hall–Kier alpha value is -0.940. The quantitative estimate of drug-likeness (QED) is 0.761. The molecule has 0 aliphatic carbocycles. The van der Waals surface area contributed by atoms with Gasteiger partial charge in [-0.3, -0.25) is 4.68 Å². The van der Waals surface area contributed by atoms with E-state index in [0.717, 1.165) is 38.2 Å². The summed E-state index contributed by atoms with van der Waals surface area (Å²) in [6.45, 7) is 12.9. The SMILES string of the molecule is CCCNC(Cc1ncnn1CCC)C(OC)C(C)(C)C. The Balaban J connectivity index is 2.88. The van der Waals surface area contributed by atoms with Gasteiger partial charge in [-0.25, -0.2) is 4.98 Å². The highest BCUT2D eigenvalue weighted by atomic mass is 16.5. The van der Waals surface area contributed by atoms with Crippen LogP contribution >= 0.6 is 0 Å². The van der Waals surface area contributed by atoms with E-state index in [9.17, 15) is 0 Å². The molecular weight excluding hydrogens is 264 g/mol. The molecule has 0 saturated carbocycles. The van der Waals surface area contributed by atoms with Gasteiger partial charge in [0.05, 0.1) is 6.10 Å². The van der Waals surface area contributed by atoms with E-state index in [1.807, 2.05) is 4.68 Å². The average Bonchev–Trinajstić information content (AvgIpc) is 2.83. The molecule has 0 aromatic carbocycles. The molecule has 0 bridgehead atoms. The minimum atomic E-state index is 0.0791. The van der Waals surface area contributed by atoms with Crippen LogP contribution in [0.5, 0.6) is 0 Å². The zero-order valence-corrected chi connectivity index (χ0v) is 14.5. The number of methoxy groups -OCH3 is 1. The van der Waals surface area contributed by atoms with E-state index in [-0.39, 0.29) is 17.6 Å². The van der Waals surface area contributed by atoms with Crippen molar-refractivity contribution in [2.45, 2.75) is 72.6 Å². The van der Waals surface area contributed by atoms with Gasteiger partial charge in [-0.1, -0.05) is 34.6 Å². The molecule has 0 radical (unpaired) electrons. The van der Waals surface area contributed by atoms with Crippen LogP contribution < -0.4 is 5.32 Å². The van der Waals surface area contributed by atoms with Gasteiger partial charge in [0.1, 0.15) is 12.2 Å². The van der Waals surface area contributed by atoms with Crippen molar-refractivity contribution in [2.24, 2.45) is 5.41 Å². The van der Waals surface area contributed by atoms with E-state index in [1.165, 1.54) is 0 Å². The number of nitrogens with one attached hydrogen (secondary N) is 1. The maximum absolute atomic E-state index is 5.80. The minimum Gasteiger partial charge on any atom is -0.379 e. The molecule has 0 aliphatic rings. The lowest BCUT2D eigenvalue weighted by atomic mass is 9.83. The molecule has 0 fully saturated rings. The van der Waals surface area contributed by atoms with Crippen LogP contribution in [0, 0.1) is 5.41 Å². The second-order valence-corrected chi connectivity index (χ2v) is 6.69. The van der Waals surface area contributed by atoms with E-state index < -0.39 is 0 Å². The first-order valence-corrected chi connectivity index (χ1v) is 8.06. The second kappa shape index (κ2) is 8.49. The molecule has 122 valence electrons. The monoisotopic (exact) mass is 296 g/mol. The number of aromatic nitrogens is 3. The Morgan fingerprint density at radius 3 is 2.52 bits per heavy atom. The lowest BCUT2D eigenvalue weighted by Crippen LogP contribution is -2.49. The largest absolute Gasteiger partial charge is 0.379 e. The van der Waals surface area contributed by atoms with E-state index in [2.05, 4.69) is 50.0 Å². The summed E-state index contributed by atoms with van der Waals surface area (Å²) in [5, 5.41) is 7.95. The molecule has 5 nitrogen and oxygen atoms in total. The Morgan fingerprint density at radius 1 is 1.29 bits per heavy atom. The van der Waals surface area contributed by atoms with Crippen molar-refractivity contribution in [1.29, 1.82) is 0 Å². The molecule has 0 saturated heterocycles. The van der Waals surface area contributed by atoms with E-state index in [4.69, 9.17) is 4.74 Å². The molecule has 2 atom stereocenters. The van der Waals surface area contributed by atoms with Gasteiger partial charge in [-0.15, -0.1) is 0 Å². The summed E-state index contributed by atoms with van der Waals surface area (Å²) in [4.78, 5) is 4.44. The highest BCUT2D eigenvalue weighted by molar-refractivity contribution is 4.96. The standard InChI is InChI=1S/C16H32N4O/c1-7-9-17-13(15(21-6)16(3,4)5)11-14-18-12-19-20(14)10-8-2/h12-13,15,17H,7-11H2,1-6H3. The number of hydrogen-bond donors (Lipinski definition) is 1. The van der Waals surface area contributed by atoms with Gasteiger partial charge in [-0.2, -0.15) is 5.10 Å². The normalized spacial score (nSPS) is 15.1. The van der Waals surface area contributed by atoms with Crippen molar-refractivity contribution in [2.75, 3.05) is 13.7 Å². The molecule has 21 heavy (non-hydrogen) atoms. The van der Waals surface area contributed by atoms with Crippen molar-refractivity contribution in [3.8, 4) is 0 Å². The fraction of sp³-hybridized carbons (Fsp3) is 0.875. The van der Waals surface area contributed by atoms with Crippen molar-refractivity contribution in [3.63, 3.8) is 0 Å². The summed E-state index contributed by atoms with van der Waals surface area (Å²) in [6, 6.07) is 0.245. The Labute approximate surface area is 129 Å². The fourth-order valence-corrected chi connectivity index (χ4v) is 2.78. The minimum absolute atomic E-state index is 0.0791. The van der Waals surface area contributed by atoms with Crippen molar-refractivity contribution >= 4 is 0 Å². The van der Waals surface area contributed by atoms with Crippen LogP contribution in [-0.2, 0) is 17.7 Å². The fourth-order valence-electron chi connectivity index (χ4n) is 2.78. The van der Waals surface area contributed by atoms with Gasteiger partial charge < -0.3 is 10.1 Å². The predicted molar refractivity (Wildman–Crippen MR) is 86.4 cm³/mol. The summed E-state index contributed by atoms with van der Waals surface area (Å²) < 4.78 is 7.81. The third-order valence-corrected chi connectivity index (χ3v) is 3.66. The maximum atomic E-state index is 5.80. The first-order chi connectivity index (χ1) is 9.93. The molecular formula is C16H32N4O. The van der Waals surface area contributed by atoms with E-state index in [1.54, 1.807) is 13.4 Å². The van der Waals surface area contributed by atoms with E-state index in [0.29, 0.717) is 0 Å². The second-order valence-electron chi connectivity index (χ2n) is 6.69. The first-order valence-electron chi connectivity index (χ1n) is 8.06. The number of hydrogen-bond acceptors (Lipinski definition) is 4. The number of rotatable bonds is 9. The summed E-state index contributed by atoms with van der Waals surface area (Å²) in [7, 11) is 1.80. The molecule has 1 N–H and O–H groups in total. The topological polar surface area (TPSA) is 52.0 Å². The van der Waals surface area contributed by atoms with Gasteiger partial charge in [-0.05, 0) is 24.8 Å². The van der Waals surface area contributed by atoms with Gasteiger partial charge in [0.25, 0.3) is 0 Å². The van der Waals surface area contributed by atoms with E-state index >= 15 is 0 Å². The Morgan fingerprint density at radius 2 is 2.00 bits per heavy atom. The molecule has 1 aromatic rings. The van der Waals surface area contributed by atoms with Gasteiger partial charge in [0, 0.05) is 26.1 Å².